The van der Waals surface area contributed by atoms with Crippen molar-refractivity contribution in [1.82, 2.24) is 4.90 Å². The second-order valence-corrected chi connectivity index (χ2v) is 7.13. The molecule has 2 aromatic rings. The molecule has 0 N–H and O–H groups in total. The summed E-state index contributed by atoms with van der Waals surface area (Å²) in [4.78, 5) is 19.9. The predicted octanol–water partition coefficient (Wildman–Crippen LogP) is 4.94. The van der Waals surface area contributed by atoms with Crippen LogP contribution in [0.5, 0.6) is 5.75 Å². The van der Waals surface area contributed by atoms with Crippen LogP contribution in [0.4, 0.5) is 5.69 Å². The standard InChI is InChI=1S/C21H22N2O2S/c1-5-23-20(24)19(13-16-8-10-17(25-4)11-9-16)26-21(23)22-18-12-14(2)6-7-15(18)3/h6-13H,5H2,1-4H3/b19-13+,22-21?. The van der Waals surface area contributed by atoms with Crippen molar-refractivity contribution in [2.45, 2.75) is 20.8 Å². The van der Waals surface area contributed by atoms with E-state index in [1.54, 1.807) is 12.0 Å². The number of ether oxygens (including phenoxy) is 1. The van der Waals surface area contributed by atoms with Crippen LogP contribution < -0.4 is 4.74 Å². The van der Waals surface area contributed by atoms with E-state index in [1.807, 2.05) is 57.2 Å². The van der Waals surface area contributed by atoms with Crippen molar-refractivity contribution in [2.24, 2.45) is 4.99 Å². The number of hydrogen-bond donors (Lipinski definition) is 0. The van der Waals surface area contributed by atoms with Crippen molar-refractivity contribution >= 4 is 34.6 Å². The summed E-state index contributed by atoms with van der Waals surface area (Å²) in [5, 5.41) is 0.728. The number of nitrogens with zero attached hydrogens (tertiary/aromatic N) is 2. The third-order valence-electron chi connectivity index (χ3n) is 4.20. The van der Waals surface area contributed by atoms with Gasteiger partial charge in [0.05, 0.1) is 17.7 Å². The van der Waals surface area contributed by atoms with E-state index in [9.17, 15) is 4.79 Å². The molecule has 0 aliphatic carbocycles. The number of amidine groups is 1. The molecule has 134 valence electrons. The highest BCUT2D eigenvalue weighted by Gasteiger charge is 2.32. The van der Waals surface area contributed by atoms with Gasteiger partial charge in [0.1, 0.15) is 5.75 Å². The van der Waals surface area contributed by atoms with Gasteiger partial charge in [-0.1, -0.05) is 24.3 Å². The van der Waals surface area contributed by atoms with Gasteiger partial charge in [-0.2, -0.15) is 0 Å². The van der Waals surface area contributed by atoms with Gasteiger partial charge >= 0.3 is 0 Å². The van der Waals surface area contributed by atoms with Crippen molar-refractivity contribution < 1.29 is 9.53 Å². The minimum atomic E-state index is -0.00243. The maximum Gasteiger partial charge on any atom is 0.266 e. The van der Waals surface area contributed by atoms with Crippen LogP contribution in [-0.4, -0.2) is 29.6 Å². The molecular weight excluding hydrogens is 344 g/mol. The van der Waals surface area contributed by atoms with Gasteiger partial charge in [0.25, 0.3) is 5.91 Å². The quantitative estimate of drug-likeness (QED) is 0.720. The Bertz CT molecular complexity index is 885. The highest BCUT2D eigenvalue weighted by Crippen LogP contribution is 2.35. The van der Waals surface area contributed by atoms with Gasteiger partial charge < -0.3 is 4.74 Å². The lowest BCUT2D eigenvalue weighted by Gasteiger charge is -2.12. The molecule has 4 nitrogen and oxygen atoms in total. The Morgan fingerprint density at radius 1 is 1.15 bits per heavy atom. The lowest BCUT2D eigenvalue weighted by atomic mass is 10.1. The Morgan fingerprint density at radius 2 is 1.88 bits per heavy atom. The molecule has 0 bridgehead atoms. The summed E-state index contributed by atoms with van der Waals surface area (Å²) in [5.74, 6) is 0.794. The Balaban J connectivity index is 1.93. The topological polar surface area (TPSA) is 41.9 Å². The highest BCUT2D eigenvalue weighted by atomic mass is 32.2. The van der Waals surface area contributed by atoms with Crippen molar-refractivity contribution in [3.05, 3.63) is 64.1 Å². The molecule has 1 saturated heterocycles. The van der Waals surface area contributed by atoms with E-state index in [1.165, 1.54) is 11.8 Å². The van der Waals surface area contributed by atoms with Gasteiger partial charge in [0, 0.05) is 6.54 Å². The molecule has 0 unspecified atom stereocenters. The van der Waals surface area contributed by atoms with E-state index in [2.05, 4.69) is 12.1 Å². The number of rotatable bonds is 4. The number of thioether (sulfide) groups is 1. The average Bonchev–Trinajstić information content (AvgIpc) is 2.93. The molecule has 3 rings (SSSR count). The van der Waals surface area contributed by atoms with Gasteiger partial charge in [0.15, 0.2) is 5.17 Å². The molecule has 0 aromatic heterocycles. The number of carbonyl (C=O) groups excluding carboxylic acids is 1. The number of aliphatic imine (C=N–C) groups is 1. The summed E-state index contributed by atoms with van der Waals surface area (Å²) in [6.07, 6.45) is 1.90. The highest BCUT2D eigenvalue weighted by molar-refractivity contribution is 8.18. The third kappa shape index (κ3) is 3.83. The van der Waals surface area contributed by atoms with Crippen LogP contribution >= 0.6 is 11.8 Å². The number of likely N-dealkylation sites (N-methyl/N-ethyl adjacent to an activating group) is 1. The van der Waals surface area contributed by atoms with Gasteiger partial charge in [-0.05, 0) is 73.5 Å². The first-order chi connectivity index (χ1) is 12.5. The third-order valence-corrected chi connectivity index (χ3v) is 5.21. The number of carbonyl (C=O) groups is 1. The fraction of sp³-hybridized carbons (Fsp3) is 0.238. The zero-order valence-electron chi connectivity index (χ0n) is 15.4. The Hall–Kier alpha value is -2.53. The minimum absolute atomic E-state index is 0.00243. The molecule has 1 aliphatic rings. The summed E-state index contributed by atoms with van der Waals surface area (Å²) in [6.45, 7) is 6.64. The first kappa shape index (κ1) is 18.3. The molecule has 0 spiro atoms. The van der Waals surface area contributed by atoms with Crippen LogP contribution in [0.25, 0.3) is 6.08 Å². The second-order valence-electron chi connectivity index (χ2n) is 6.12. The van der Waals surface area contributed by atoms with E-state index in [0.29, 0.717) is 11.4 Å². The predicted molar refractivity (Wildman–Crippen MR) is 109 cm³/mol. The van der Waals surface area contributed by atoms with E-state index < -0.39 is 0 Å². The van der Waals surface area contributed by atoms with E-state index in [4.69, 9.17) is 9.73 Å². The lowest BCUT2D eigenvalue weighted by Crippen LogP contribution is -2.28. The van der Waals surface area contributed by atoms with Crippen LogP contribution in [0.1, 0.15) is 23.6 Å². The van der Waals surface area contributed by atoms with Crippen molar-refractivity contribution in [1.29, 1.82) is 0 Å². The first-order valence-corrected chi connectivity index (χ1v) is 9.35. The summed E-state index contributed by atoms with van der Waals surface area (Å²) in [5.41, 5.74) is 4.12. The first-order valence-electron chi connectivity index (χ1n) is 8.53. The van der Waals surface area contributed by atoms with Crippen LogP contribution in [-0.2, 0) is 4.79 Å². The van der Waals surface area contributed by atoms with Crippen molar-refractivity contribution in [2.75, 3.05) is 13.7 Å². The average molecular weight is 366 g/mol. The number of benzene rings is 2. The molecule has 1 heterocycles. The summed E-state index contributed by atoms with van der Waals surface area (Å²) >= 11 is 1.42. The maximum absolute atomic E-state index is 12.7. The van der Waals surface area contributed by atoms with Gasteiger partial charge in [0.2, 0.25) is 0 Å². The summed E-state index contributed by atoms with van der Waals surface area (Å²) in [7, 11) is 1.64. The molecular formula is C21H22N2O2S. The number of amides is 1. The zero-order chi connectivity index (χ0) is 18.7. The molecule has 1 fully saturated rings. The van der Waals surface area contributed by atoms with Gasteiger partial charge in [-0.3, -0.25) is 9.69 Å². The SMILES string of the molecule is CCN1C(=O)/C(=C\c2ccc(OC)cc2)SC1=Nc1cc(C)ccc1C. The zero-order valence-corrected chi connectivity index (χ0v) is 16.3. The van der Waals surface area contributed by atoms with Gasteiger partial charge in [-0.15, -0.1) is 0 Å². The van der Waals surface area contributed by atoms with Crippen molar-refractivity contribution in [3.8, 4) is 5.75 Å². The second kappa shape index (κ2) is 7.79. The van der Waals surface area contributed by atoms with Crippen LogP contribution in [0.3, 0.4) is 0 Å². The van der Waals surface area contributed by atoms with E-state index in [0.717, 1.165) is 33.3 Å². The van der Waals surface area contributed by atoms with E-state index >= 15 is 0 Å². The number of aryl methyl sites for hydroxylation is 2. The van der Waals surface area contributed by atoms with Crippen molar-refractivity contribution in [3.63, 3.8) is 0 Å². The lowest BCUT2D eigenvalue weighted by molar-refractivity contribution is -0.122. The molecule has 5 heteroatoms. The fourth-order valence-electron chi connectivity index (χ4n) is 2.66. The minimum Gasteiger partial charge on any atom is -0.497 e. The molecule has 26 heavy (non-hydrogen) atoms. The summed E-state index contributed by atoms with van der Waals surface area (Å²) in [6, 6.07) is 13.8. The number of hydrogen-bond acceptors (Lipinski definition) is 4. The Morgan fingerprint density at radius 3 is 2.54 bits per heavy atom. The molecule has 0 saturated carbocycles. The molecule has 1 amide bonds. The fourth-order valence-corrected chi connectivity index (χ4v) is 3.72. The van der Waals surface area contributed by atoms with E-state index in [-0.39, 0.29) is 5.91 Å². The largest absolute Gasteiger partial charge is 0.497 e. The molecule has 1 aliphatic heterocycles. The van der Waals surface area contributed by atoms with Crippen LogP contribution in [0.15, 0.2) is 52.4 Å². The Labute approximate surface area is 158 Å². The smallest absolute Gasteiger partial charge is 0.266 e. The number of methoxy groups -OCH3 is 1. The monoisotopic (exact) mass is 366 g/mol. The summed E-state index contributed by atoms with van der Waals surface area (Å²) < 4.78 is 5.18. The van der Waals surface area contributed by atoms with Gasteiger partial charge in [-0.25, -0.2) is 4.99 Å². The van der Waals surface area contributed by atoms with Crippen LogP contribution in [0.2, 0.25) is 0 Å². The van der Waals surface area contributed by atoms with Crippen LogP contribution in [0, 0.1) is 13.8 Å². The Kier molecular flexibility index (Phi) is 5.47. The normalized spacial score (nSPS) is 17.4. The maximum atomic E-state index is 12.7. The molecule has 2 aromatic carbocycles. The molecule has 0 atom stereocenters. The molecule has 0 radical (unpaired) electrons.